The molecule has 100 valence electrons. The molecule has 0 radical (unpaired) electrons. The molecule has 0 saturated carbocycles. The van der Waals surface area contributed by atoms with Gasteiger partial charge >= 0.3 is 0 Å². The van der Waals surface area contributed by atoms with E-state index in [0.717, 1.165) is 22.2 Å². The predicted molar refractivity (Wildman–Crippen MR) is 83.3 cm³/mol. The highest BCUT2D eigenvalue weighted by atomic mass is 35.5. The molecule has 0 bridgehead atoms. The molecule has 20 heavy (non-hydrogen) atoms. The molecule has 5 heteroatoms. The van der Waals surface area contributed by atoms with Crippen molar-refractivity contribution in [1.29, 1.82) is 0 Å². The number of halogens is 2. The second kappa shape index (κ2) is 5.65. The van der Waals surface area contributed by atoms with Gasteiger partial charge in [0.2, 0.25) is 0 Å². The van der Waals surface area contributed by atoms with Gasteiger partial charge in [-0.3, -0.25) is 4.98 Å². The van der Waals surface area contributed by atoms with Crippen LogP contribution >= 0.6 is 23.2 Å². The van der Waals surface area contributed by atoms with Crippen LogP contribution in [0.5, 0.6) is 0 Å². The molecule has 0 atom stereocenters. The molecule has 0 unspecified atom stereocenters. The molecule has 0 saturated heterocycles. The van der Waals surface area contributed by atoms with Crippen LogP contribution in [0, 0.1) is 0 Å². The summed E-state index contributed by atoms with van der Waals surface area (Å²) in [7, 11) is 0. The van der Waals surface area contributed by atoms with E-state index < -0.39 is 0 Å². The molecule has 1 N–H and O–H groups in total. The second-order valence-electron chi connectivity index (χ2n) is 4.33. The number of anilines is 1. The first kappa shape index (κ1) is 13.2. The molecule has 3 rings (SSSR count). The Balaban J connectivity index is 1.88. The van der Waals surface area contributed by atoms with Crippen molar-refractivity contribution < 1.29 is 0 Å². The summed E-state index contributed by atoms with van der Waals surface area (Å²) in [5.41, 5.74) is 2.91. The normalized spacial score (nSPS) is 10.7. The van der Waals surface area contributed by atoms with Crippen molar-refractivity contribution >= 4 is 39.8 Å². The third-order valence-corrected chi connectivity index (χ3v) is 3.56. The van der Waals surface area contributed by atoms with Gasteiger partial charge in [-0.25, -0.2) is 4.98 Å². The predicted octanol–water partition coefficient (Wildman–Crippen LogP) is 4.55. The quantitative estimate of drug-likeness (QED) is 0.721. The summed E-state index contributed by atoms with van der Waals surface area (Å²) in [6.07, 6.45) is 3.47. The first-order valence-electron chi connectivity index (χ1n) is 6.11. The minimum Gasteiger partial charge on any atom is -0.380 e. The number of hydrogen-bond donors (Lipinski definition) is 1. The minimum atomic E-state index is 0.481. The number of hydrogen-bond acceptors (Lipinski definition) is 3. The smallest absolute Gasteiger partial charge is 0.129 e. The van der Waals surface area contributed by atoms with E-state index >= 15 is 0 Å². The van der Waals surface area contributed by atoms with Gasteiger partial charge in [-0.1, -0.05) is 29.3 Å². The summed E-state index contributed by atoms with van der Waals surface area (Å²) < 4.78 is 0. The average molecular weight is 304 g/mol. The molecule has 2 aromatic heterocycles. The highest BCUT2D eigenvalue weighted by Gasteiger charge is 2.05. The monoisotopic (exact) mass is 303 g/mol. The van der Waals surface area contributed by atoms with Crippen LogP contribution in [0.15, 0.2) is 48.8 Å². The maximum atomic E-state index is 6.18. The number of nitrogens with zero attached hydrogens (tertiary/aromatic N) is 2. The Hall–Kier alpha value is -1.84. The average Bonchev–Trinajstić information content (AvgIpc) is 2.49. The number of benzene rings is 1. The van der Waals surface area contributed by atoms with Crippen LogP contribution < -0.4 is 5.32 Å². The van der Waals surface area contributed by atoms with Crippen LogP contribution in [-0.4, -0.2) is 9.97 Å². The summed E-state index contributed by atoms with van der Waals surface area (Å²) in [6, 6.07) is 11.4. The molecular formula is C15H11Cl2N3. The van der Waals surface area contributed by atoms with Crippen molar-refractivity contribution in [3.8, 4) is 0 Å². The number of rotatable bonds is 3. The molecule has 0 amide bonds. The Morgan fingerprint density at radius 1 is 1.00 bits per heavy atom. The molecule has 1 aromatic carbocycles. The van der Waals surface area contributed by atoms with Crippen molar-refractivity contribution in [3.05, 3.63) is 64.5 Å². The lowest BCUT2D eigenvalue weighted by Crippen LogP contribution is -2.01. The van der Waals surface area contributed by atoms with E-state index in [1.807, 2.05) is 30.3 Å². The van der Waals surface area contributed by atoms with E-state index in [-0.39, 0.29) is 0 Å². The Kier molecular flexibility index (Phi) is 3.72. The maximum Gasteiger partial charge on any atom is 0.129 e. The van der Waals surface area contributed by atoms with E-state index in [0.29, 0.717) is 16.7 Å². The lowest BCUT2D eigenvalue weighted by Gasteiger charge is -2.09. The third-order valence-electron chi connectivity index (χ3n) is 3.01. The first-order chi connectivity index (χ1) is 9.74. The minimum absolute atomic E-state index is 0.481. The van der Waals surface area contributed by atoms with Gasteiger partial charge in [0, 0.05) is 23.2 Å². The summed E-state index contributed by atoms with van der Waals surface area (Å²) in [4.78, 5) is 8.44. The summed E-state index contributed by atoms with van der Waals surface area (Å²) in [5.74, 6) is 0. The Morgan fingerprint density at radius 3 is 2.70 bits per heavy atom. The van der Waals surface area contributed by atoms with Crippen molar-refractivity contribution in [2.75, 3.05) is 5.32 Å². The number of nitrogens with one attached hydrogen (secondary N) is 1. The topological polar surface area (TPSA) is 37.8 Å². The van der Waals surface area contributed by atoms with Gasteiger partial charge in [-0.05, 0) is 35.9 Å². The molecule has 0 aliphatic carbocycles. The largest absolute Gasteiger partial charge is 0.380 e. The fraction of sp³-hybridized carbons (Fsp3) is 0.0667. The van der Waals surface area contributed by atoms with Crippen LogP contribution in [-0.2, 0) is 6.54 Å². The van der Waals surface area contributed by atoms with Gasteiger partial charge in [-0.15, -0.1) is 0 Å². The Bertz CT molecular complexity index is 742. The molecule has 0 aliphatic rings. The fourth-order valence-corrected chi connectivity index (χ4v) is 2.34. The van der Waals surface area contributed by atoms with E-state index in [9.17, 15) is 0 Å². The standard InChI is InChI=1S/C15H11Cl2N3/c16-13-5-3-10(15-12(13)2-1-7-18-15)8-19-11-4-6-14(17)20-9-11/h1-7,9,19H,8H2. The summed E-state index contributed by atoms with van der Waals surface area (Å²) in [6.45, 7) is 0.647. The number of fused-ring (bicyclic) bond motifs is 1. The number of aromatic nitrogens is 2. The van der Waals surface area contributed by atoms with Gasteiger partial charge in [0.05, 0.1) is 17.4 Å². The van der Waals surface area contributed by atoms with Gasteiger partial charge in [0.15, 0.2) is 0 Å². The van der Waals surface area contributed by atoms with Crippen LogP contribution in [0.3, 0.4) is 0 Å². The van der Waals surface area contributed by atoms with Crippen molar-refractivity contribution in [3.63, 3.8) is 0 Å². The van der Waals surface area contributed by atoms with E-state index in [4.69, 9.17) is 23.2 Å². The van der Waals surface area contributed by atoms with Crippen LogP contribution in [0.2, 0.25) is 10.2 Å². The maximum absolute atomic E-state index is 6.18. The second-order valence-corrected chi connectivity index (χ2v) is 5.12. The lowest BCUT2D eigenvalue weighted by molar-refractivity contribution is 1.14. The molecule has 3 nitrogen and oxygen atoms in total. The molecule has 0 spiro atoms. The Labute approximate surface area is 126 Å². The van der Waals surface area contributed by atoms with Gasteiger partial charge in [0.1, 0.15) is 5.15 Å². The van der Waals surface area contributed by atoms with E-state index in [1.165, 1.54) is 0 Å². The highest BCUT2D eigenvalue weighted by molar-refractivity contribution is 6.35. The van der Waals surface area contributed by atoms with Crippen molar-refractivity contribution in [1.82, 2.24) is 9.97 Å². The molecule has 0 aliphatic heterocycles. The summed E-state index contributed by atoms with van der Waals surface area (Å²) in [5, 5.41) is 5.45. The van der Waals surface area contributed by atoms with E-state index in [1.54, 1.807) is 18.5 Å². The molecule has 0 fully saturated rings. The fourth-order valence-electron chi connectivity index (χ4n) is 2.02. The van der Waals surface area contributed by atoms with Gasteiger partial charge < -0.3 is 5.32 Å². The zero-order valence-corrected chi connectivity index (χ0v) is 12.0. The van der Waals surface area contributed by atoms with Crippen molar-refractivity contribution in [2.24, 2.45) is 0 Å². The van der Waals surface area contributed by atoms with Crippen LogP contribution in [0.4, 0.5) is 5.69 Å². The Morgan fingerprint density at radius 2 is 1.90 bits per heavy atom. The molecule has 2 heterocycles. The highest BCUT2D eigenvalue weighted by Crippen LogP contribution is 2.25. The molecular weight excluding hydrogens is 293 g/mol. The van der Waals surface area contributed by atoms with E-state index in [2.05, 4.69) is 15.3 Å². The van der Waals surface area contributed by atoms with Gasteiger partial charge in [-0.2, -0.15) is 0 Å². The SMILES string of the molecule is Clc1ccc(NCc2ccc(Cl)c3cccnc23)cn1. The lowest BCUT2D eigenvalue weighted by atomic mass is 10.1. The summed E-state index contributed by atoms with van der Waals surface area (Å²) >= 11 is 11.9. The molecule has 3 aromatic rings. The first-order valence-corrected chi connectivity index (χ1v) is 6.87. The van der Waals surface area contributed by atoms with Gasteiger partial charge in [0.25, 0.3) is 0 Å². The van der Waals surface area contributed by atoms with Crippen LogP contribution in [0.25, 0.3) is 10.9 Å². The third kappa shape index (κ3) is 2.69. The zero-order valence-electron chi connectivity index (χ0n) is 10.5. The number of pyridine rings is 2. The zero-order chi connectivity index (χ0) is 13.9. The van der Waals surface area contributed by atoms with Crippen LogP contribution in [0.1, 0.15) is 5.56 Å². The van der Waals surface area contributed by atoms with Crippen molar-refractivity contribution in [2.45, 2.75) is 6.54 Å².